The monoisotopic (exact) mass is 335 g/mol. The minimum absolute atomic E-state index is 0.203. The third-order valence-corrected chi connectivity index (χ3v) is 4.01. The molecule has 0 unspecified atom stereocenters. The average molecular weight is 335 g/mol. The van der Waals surface area contributed by atoms with Gasteiger partial charge in [0, 0.05) is 23.4 Å². The summed E-state index contributed by atoms with van der Waals surface area (Å²) in [6.45, 7) is 1.85. The van der Waals surface area contributed by atoms with E-state index in [0.29, 0.717) is 17.5 Å². The molecule has 2 heterocycles. The minimum Gasteiger partial charge on any atom is -0.444 e. The van der Waals surface area contributed by atoms with Gasteiger partial charge in [-0.25, -0.2) is 15.0 Å². The van der Waals surface area contributed by atoms with Crippen molar-refractivity contribution in [3.05, 3.63) is 53.8 Å². The number of oxazole rings is 1. The maximum Gasteiger partial charge on any atom is 0.260 e. The highest BCUT2D eigenvalue weighted by Gasteiger charge is 2.27. The number of nitrogens with two attached hydrogens (primary N) is 1. The Morgan fingerprint density at radius 1 is 1.32 bits per heavy atom. The zero-order valence-corrected chi connectivity index (χ0v) is 13.7. The third-order valence-electron chi connectivity index (χ3n) is 4.01. The van der Waals surface area contributed by atoms with Crippen LogP contribution >= 0.6 is 0 Å². The van der Waals surface area contributed by atoms with Gasteiger partial charge in [0.05, 0.1) is 5.69 Å². The quantitative estimate of drug-likeness (QED) is 0.758. The van der Waals surface area contributed by atoms with Gasteiger partial charge in [-0.2, -0.15) is 0 Å². The van der Waals surface area contributed by atoms with Crippen LogP contribution in [0, 0.1) is 6.92 Å². The molecule has 0 aliphatic heterocycles. The molecule has 1 aromatic carbocycles. The number of benzene rings is 1. The van der Waals surface area contributed by atoms with E-state index in [4.69, 9.17) is 10.2 Å². The van der Waals surface area contributed by atoms with E-state index in [1.54, 1.807) is 18.4 Å². The van der Waals surface area contributed by atoms with E-state index in [0.717, 1.165) is 29.9 Å². The molecule has 1 amide bonds. The predicted molar refractivity (Wildman–Crippen MR) is 93.0 cm³/mol. The molecule has 0 saturated heterocycles. The highest BCUT2D eigenvalue weighted by Crippen LogP contribution is 2.38. The topological polar surface area (TPSA) is 107 Å². The molecule has 0 bridgehead atoms. The summed E-state index contributed by atoms with van der Waals surface area (Å²) in [5.41, 5.74) is 8.38. The number of nitrogens with zero attached hydrogens (tertiary/aromatic N) is 3. The lowest BCUT2D eigenvalue weighted by atomic mass is 10.2. The zero-order chi connectivity index (χ0) is 17.4. The maximum atomic E-state index is 12.5. The summed E-state index contributed by atoms with van der Waals surface area (Å²) in [6, 6.07) is 7.26. The van der Waals surface area contributed by atoms with E-state index in [-0.39, 0.29) is 17.3 Å². The number of nitrogen functional groups attached to an aromatic ring is 1. The van der Waals surface area contributed by atoms with Gasteiger partial charge in [0.1, 0.15) is 23.5 Å². The summed E-state index contributed by atoms with van der Waals surface area (Å²) in [6.07, 6.45) is 5.24. The van der Waals surface area contributed by atoms with Gasteiger partial charge in [-0.15, -0.1) is 0 Å². The van der Waals surface area contributed by atoms with Crippen molar-refractivity contribution < 1.29 is 9.21 Å². The lowest BCUT2D eigenvalue weighted by Crippen LogP contribution is -2.16. The molecule has 4 rings (SSSR count). The molecule has 1 aliphatic rings. The molecule has 126 valence electrons. The second-order valence-corrected chi connectivity index (χ2v) is 6.13. The molecule has 1 fully saturated rings. The molecular weight excluding hydrogens is 318 g/mol. The van der Waals surface area contributed by atoms with E-state index in [2.05, 4.69) is 20.3 Å². The Bertz CT molecular complexity index is 946. The normalized spacial score (nSPS) is 13.6. The Balaban J connectivity index is 1.54. The van der Waals surface area contributed by atoms with Crippen LogP contribution in [0.3, 0.4) is 0 Å². The molecule has 3 N–H and O–H groups in total. The molecule has 7 nitrogen and oxygen atoms in total. The third kappa shape index (κ3) is 3.21. The van der Waals surface area contributed by atoms with Crippen molar-refractivity contribution >= 4 is 17.4 Å². The highest BCUT2D eigenvalue weighted by molar-refractivity contribution is 6.07. The van der Waals surface area contributed by atoms with Crippen molar-refractivity contribution in [2.45, 2.75) is 25.7 Å². The van der Waals surface area contributed by atoms with Gasteiger partial charge >= 0.3 is 0 Å². The molecule has 0 spiro atoms. The van der Waals surface area contributed by atoms with Crippen LogP contribution in [-0.2, 0) is 0 Å². The molecule has 7 heteroatoms. The van der Waals surface area contributed by atoms with Crippen LogP contribution in [0.5, 0.6) is 0 Å². The van der Waals surface area contributed by atoms with E-state index in [1.807, 2.05) is 19.1 Å². The zero-order valence-electron chi connectivity index (χ0n) is 13.7. The van der Waals surface area contributed by atoms with Gasteiger partial charge in [-0.1, -0.05) is 6.07 Å². The number of carbonyl (C=O) groups excluding carboxylic acids is 1. The fraction of sp³-hybridized carbons (Fsp3) is 0.222. The molecule has 1 saturated carbocycles. The van der Waals surface area contributed by atoms with Crippen molar-refractivity contribution in [2.24, 2.45) is 0 Å². The van der Waals surface area contributed by atoms with E-state index >= 15 is 0 Å². The van der Waals surface area contributed by atoms with E-state index < -0.39 is 0 Å². The van der Waals surface area contributed by atoms with Crippen LogP contribution in [0.25, 0.3) is 11.5 Å². The highest BCUT2D eigenvalue weighted by atomic mass is 16.3. The first kappa shape index (κ1) is 15.3. The SMILES string of the molecule is Cc1coc(-c2cccc(NC(=O)c3cnc(C4CC4)nc3N)c2)n1. The van der Waals surface area contributed by atoms with Gasteiger partial charge in [0.25, 0.3) is 5.91 Å². The number of amides is 1. The number of rotatable bonds is 4. The first-order chi connectivity index (χ1) is 12.1. The van der Waals surface area contributed by atoms with Crippen LogP contribution in [0.15, 0.2) is 41.1 Å². The number of anilines is 2. The summed E-state index contributed by atoms with van der Waals surface area (Å²) >= 11 is 0. The Morgan fingerprint density at radius 2 is 2.16 bits per heavy atom. The van der Waals surface area contributed by atoms with Crippen molar-refractivity contribution in [3.63, 3.8) is 0 Å². The second kappa shape index (κ2) is 6.01. The van der Waals surface area contributed by atoms with Gasteiger partial charge < -0.3 is 15.5 Å². The van der Waals surface area contributed by atoms with Gasteiger partial charge in [-0.05, 0) is 38.0 Å². The van der Waals surface area contributed by atoms with Crippen molar-refractivity contribution in [1.82, 2.24) is 15.0 Å². The number of carbonyl (C=O) groups is 1. The Hall–Kier alpha value is -3.22. The lowest BCUT2D eigenvalue weighted by molar-refractivity contribution is 0.102. The van der Waals surface area contributed by atoms with Crippen molar-refractivity contribution in [1.29, 1.82) is 0 Å². The number of hydrogen-bond donors (Lipinski definition) is 2. The second-order valence-electron chi connectivity index (χ2n) is 6.13. The molecule has 0 radical (unpaired) electrons. The number of aryl methyl sites for hydroxylation is 1. The Morgan fingerprint density at radius 3 is 2.84 bits per heavy atom. The number of nitrogens with one attached hydrogen (secondary N) is 1. The molecular formula is C18H17N5O2. The van der Waals surface area contributed by atoms with E-state index in [1.165, 1.54) is 6.20 Å². The first-order valence-electron chi connectivity index (χ1n) is 8.06. The van der Waals surface area contributed by atoms with Crippen LogP contribution < -0.4 is 11.1 Å². The number of hydrogen-bond acceptors (Lipinski definition) is 6. The summed E-state index contributed by atoms with van der Waals surface area (Å²) in [5.74, 6) is 1.47. The standard InChI is InChI=1S/C18H17N5O2/c1-10-9-25-18(21-10)12-3-2-4-13(7-12)22-17(24)14-8-20-16(11-5-6-11)23-15(14)19/h2-4,7-9,11H,5-6H2,1H3,(H,22,24)(H2,19,20,23). The molecule has 25 heavy (non-hydrogen) atoms. The predicted octanol–water partition coefficient (Wildman–Crippen LogP) is 3.15. The largest absolute Gasteiger partial charge is 0.444 e. The van der Waals surface area contributed by atoms with Crippen LogP contribution in [0.2, 0.25) is 0 Å². The maximum absolute atomic E-state index is 12.5. The fourth-order valence-corrected chi connectivity index (χ4v) is 2.54. The summed E-state index contributed by atoms with van der Waals surface area (Å²) in [4.78, 5) is 25.3. The Kier molecular flexibility index (Phi) is 3.68. The smallest absolute Gasteiger partial charge is 0.260 e. The number of aromatic nitrogens is 3. The lowest BCUT2D eigenvalue weighted by Gasteiger charge is -2.08. The first-order valence-corrected chi connectivity index (χ1v) is 8.06. The van der Waals surface area contributed by atoms with Gasteiger partial charge in [0.15, 0.2) is 0 Å². The Labute approximate surface area is 144 Å². The summed E-state index contributed by atoms with van der Waals surface area (Å²) in [7, 11) is 0. The average Bonchev–Trinajstić information content (AvgIpc) is 3.36. The van der Waals surface area contributed by atoms with Crippen LogP contribution in [0.4, 0.5) is 11.5 Å². The van der Waals surface area contributed by atoms with Crippen molar-refractivity contribution in [2.75, 3.05) is 11.1 Å². The fourth-order valence-electron chi connectivity index (χ4n) is 2.54. The summed E-state index contributed by atoms with van der Waals surface area (Å²) < 4.78 is 5.39. The van der Waals surface area contributed by atoms with Crippen LogP contribution in [-0.4, -0.2) is 20.9 Å². The van der Waals surface area contributed by atoms with Gasteiger partial charge in [-0.3, -0.25) is 4.79 Å². The summed E-state index contributed by atoms with van der Waals surface area (Å²) in [5, 5.41) is 2.81. The molecule has 0 atom stereocenters. The minimum atomic E-state index is -0.347. The molecule has 1 aliphatic carbocycles. The van der Waals surface area contributed by atoms with Crippen LogP contribution in [0.1, 0.15) is 40.6 Å². The molecule has 2 aromatic heterocycles. The van der Waals surface area contributed by atoms with Gasteiger partial charge in [0.2, 0.25) is 5.89 Å². The van der Waals surface area contributed by atoms with Crippen molar-refractivity contribution in [3.8, 4) is 11.5 Å². The molecule has 3 aromatic rings. The van der Waals surface area contributed by atoms with E-state index in [9.17, 15) is 4.79 Å².